The normalized spacial score (nSPS) is 25.8. The number of nitrogens with zero attached hydrogens (tertiary/aromatic N) is 2. The van der Waals surface area contributed by atoms with Gasteiger partial charge in [-0.2, -0.15) is 0 Å². The molecular weight excluding hydrogens is 264 g/mol. The molecule has 0 saturated carbocycles. The molecule has 114 valence electrons. The number of fused-ring (bicyclic) bond motifs is 2. The molecule has 0 aliphatic carbocycles. The molecular formula is C17H24N2O2. The Morgan fingerprint density at radius 1 is 1.05 bits per heavy atom. The van der Waals surface area contributed by atoms with Gasteiger partial charge in [0, 0.05) is 32.2 Å². The Labute approximate surface area is 126 Å². The van der Waals surface area contributed by atoms with Gasteiger partial charge in [-0.15, -0.1) is 0 Å². The highest BCUT2D eigenvalue weighted by atomic mass is 16.6. The van der Waals surface area contributed by atoms with Crippen LogP contribution in [0.25, 0.3) is 0 Å². The molecule has 0 bridgehead atoms. The number of rotatable bonds is 3. The lowest BCUT2D eigenvalue weighted by atomic mass is 10.1. The summed E-state index contributed by atoms with van der Waals surface area (Å²) in [4.78, 5) is 5.30. The molecule has 2 fully saturated rings. The molecule has 1 aromatic carbocycles. The van der Waals surface area contributed by atoms with E-state index in [0.717, 1.165) is 30.5 Å². The summed E-state index contributed by atoms with van der Waals surface area (Å²) in [6.45, 7) is 7.54. The largest absolute Gasteiger partial charge is 0.486 e. The average molecular weight is 288 g/mol. The number of hydrogen-bond acceptors (Lipinski definition) is 4. The van der Waals surface area contributed by atoms with Crippen molar-refractivity contribution in [3.8, 4) is 11.5 Å². The Morgan fingerprint density at radius 2 is 1.95 bits per heavy atom. The maximum atomic E-state index is 5.67. The number of piperazine rings is 1. The van der Waals surface area contributed by atoms with Gasteiger partial charge >= 0.3 is 0 Å². The third kappa shape index (κ3) is 2.87. The number of ether oxygens (including phenoxy) is 2. The summed E-state index contributed by atoms with van der Waals surface area (Å²) in [5, 5.41) is 0. The fourth-order valence-corrected chi connectivity index (χ4v) is 3.79. The fraction of sp³-hybridized carbons (Fsp3) is 0.647. The van der Waals surface area contributed by atoms with Gasteiger partial charge < -0.3 is 14.4 Å². The highest BCUT2D eigenvalue weighted by Gasteiger charge is 2.30. The van der Waals surface area contributed by atoms with E-state index in [2.05, 4.69) is 28.0 Å². The van der Waals surface area contributed by atoms with Gasteiger partial charge in [0.2, 0.25) is 0 Å². The zero-order valence-electron chi connectivity index (χ0n) is 12.6. The summed E-state index contributed by atoms with van der Waals surface area (Å²) in [6.07, 6.45) is 3.88. The van der Waals surface area contributed by atoms with Crippen molar-refractivity contribution < 1.29 is 9.47 Å². The summed E-state index contributed by atoms with van der Waals surface area (Å²) in [7, 11) is 0. The van der Waals surface area contributed by atoms with Crippen molar-refractivity contribution in [3.63, 3.8) is 0 Å². The molecule has 1 unspecified atom stereocenters. The van der Waals surface area contributed by atoms with Crippen LogP contribution in [0.1, 0.15) is 18.4 Å². The van der Waals surface area contributed by atoms with Crippen molar-refractivity contribution in [1.29, 1.82) is 0 Å². The van der Waals surface area contributed by atoms with Gasteiger partial charge in [-0.3, -0.25) is 4.90 Å². The van der Waals surface area contributed by atoms with Gasteiger partial charge in [0.05, 0.1) is 0 Å². The van der Waals surface area contributed by atoms with Gasteiger partial charge in [0.15, 0.2) is 11.5 Å². The second-order valence-electron chi connectivity index (χ2n) is 6.36. The molecule has 3 heterocycles. The van der Waals surface area contributed by atoms with Gasteiger partial charge in [-0.05, 0) is 43.5 Å². The molecule has 0 N–H and O–H groups in total. The first-order chi connectivity index (χ1) is 10.4. The molecule has 2 saturated heterocycles. The van der Waals surface area contributed by atoms with Gasteiger partial charge in [0.25, 0.3) is 0 Å². The Kier molecular flexibility index (Phi) is 3.74. The van der Waals surface area contributed by atoms with Crippen molar-refractivity contribution in [3.05, 3.63) is 23.8 Å². The maximum absolute atomic E-state index is 5.67. The molecule has 1 atom stereocenters. The molecule has 0 radical (unpaired) electrons. The molecule has 1 aromatic rings. The van der Waals surface area contributed by atoms with Crippen molar-refractivity contribution in [1.82, 2.24) is 9.80 Å². The second kappa shape index (κ2) is 5.85. The molecule has 21 heavy (non-hydrogen) atoms. The second-order valence-corrected chi connectivity index (χ2v) is 6.36. The maximum Gasteiger partial charge on any atom is 0.161 e. The third-order valence-corrected chi connectivity index (χ3v) is 4.99. The Morgan fingerprint density at radius 3 is 2.90 bits per heavy atom. The van der Waals surface area contributed by atoms with Crippen LogP contribution in [0, 0.1) is 0 Å². The van der Waals surface area contributed by atoms with E-state index in [1.807, 2.05) is 0 Å². The van der Waals surface area contributed by atoms with Gasteiger partial charge in [-0.1, -0.05) is 6.07 Å². The molecule has 0 aromatic heterocycles. The predicted octanol–water partition coefficient (Wildman–Crippen LogP) is 1.78. The minimum atomic E-state index is 0.665. The summed E-state index contributed by atoms with van der Waals surface area (Å²) >= 11 is 0. The van der Waals surface area contributed by atoms with Crippen molar-refractivity contribution >= 4 is 0 Å². The van der Waals surface area contributed by atoms with Crippen LogP contribution >= 0.6 is 0 Å². The van der Waals surface area contributed by atoms with Crippen LogP contribution in [0.4, 0.5) is 0 Å². The lowest BCUT2D eigenvalue weighted by Crippen LogP contribution is -2.50. The third-order valence-electron chi connectivity index (χ3n) is 4.99. The van der Waals surface area contributed by atoms with E-state index < -0.39 is 0 Å². The lowest BCUT2D eigenvalue weighted by Gasteiger charge is -2.37. The molecule has 0 amide bonds. The van der Waals surface area contributed by atoms with Crippen LogP contribution < -0.4 is 9.47 Å². The molecule has 4 nitrogen and oxygen atoms in total. The first kappa shape index (κ1) is 13.4. The molecule has 0 spiro atoms. The van der Waals surface area contributed by atoms with E-state index in [-0.39, 0.29) is 0 Å². The predicted molar refractivity (Wildman–Crippen MR) is 82.2 cm³/mol. The lowest BCUT2D eigenvalue weighted by molar-refractivity contribution is 0.105. The molecule has 3 aliphatic rings. The van der Waals surface area contributed by atoms with E-state index in [1.54, 1.807) is 0 Å². The van der Waals surface area contributed by atoms with Crippen molar-refractivity contribution in [2.45, 2.75) is 25.3 Å². The Balaban J connectivity index is 1.34. The minimum Gasteiger partial charge on any atom is -0.486 e. The standard InChI is InChI=1S/C17H24N2O2/c1-2-15-13-18(8-9-19(15)6-1)7-5-14-3-4-16-17(12-14)21-11-10-20-16/h3-4,12,15H,1-2,5-11,13H2. The number of hydrogen-bond donors (Lipinski definition) is 0. The zero-order chi connectivity index (χ0) is 14.1. The van der Waals surface area contributed by atoms with Gasteiger partial charge in [-0.25, -0.2) is 0 Å². The highest BCUT2D eigenvalue weighted by Crippen LogP contribution is 2.31. The molecule has 4 rings (SSSR count). The van der Waals surface area contributed by atoms with E-state index in [1.165, 1.54) is 44.6 Å². The van der Waals surface area contributed by atoms with Crippen LogP contribution in [0.5, 0.6) is 11.5 Å². The van der Waals surface area contributed by atoms with Crippen LogP contribution in [-0.4, -0.2) is 61.8 Å². The van der Waals surface area contributed by atoms with E-state index in [9.17, 15) is 0 Å². The topological polar surface area (TPSA) is 24.9 Å². The van der Waals surface area contributed by atoms with Crippen LogP contribution in [0.3, 0.4) is 0 Å². The molecule has 4 heteroatoms. The first-order valence-electron chi connectivity index (χ1n) is 8.23. The SMILES string of the molecule is c1cc2c(cc1CCN1CCN3CCCC3C1)OCCO2. The monoisotopic (exact) mass is 288 g/mol. The fourth-order valence-electron chi connectivity index (χ4n) is 3.79. The molecule has 3 aliphatic heterocycles. The van der Waals surface area contributed by atoms with E-state index in [0.29, 0.717) is 13.2 Å². The van der Waals surface area contributed by atoms with Crippen LogP contribution in [0.15, 0.2) is 18.2 Å². The quantitative estimate of drug-likeness (QED) is 0.846. The highest BCUT2D eigenvalue weighted by molar-refractivity contribution is 5.43. The van der Waals surface area contributed by atoms with E-state index in [4.69, 9.17) is 9.47 Å². The summed E-state index contributed by atoms with van der Waals surface area (Å²) in [5.74, 6) is 1.81. The Bertz CT molecular complexity index is 506. The van der Waals surface area contributed by atoms with Gasteiger partial charge in [0.1, 0.15) is 13.2 Å². The summed E-state index contributed by atoms with van der Waals surface area (Å²) in [6, 6.07) is 7.21. The van der Waals surface area contributed by atoms with Crippen LogP contribution in [0.2, 0.25) is 0 Å². The zero-order valence-corrected chi connectivity index (χ0v) is 12.6. The van der Waals surface area contributed by atoms with Crippen LogP contribution in [-0.2, 0) is 6.42 Å². The Hall–Kier alpha value is -1.26. The average Bonchev–Trinajstić information content (AvgIpc) is 3.00. The minimum absolute atomic E-state index is 0.665. The number of benzene rings is 1. The first-order valence-corrected chi connectivity index (χ1v) is 8.23. The van der Waals surface area contributed by atoms with Crippen molar-refractivity contribution in [2.24, 2.45) is 0 Å². The van der Waals surface area contributed by atoms with Crippen molar-refractivity contribution in [2.75, 3.05) is 45.9 Å². The smallest absolute Gasteiger partial charge is 0.161 e. The summed E-state index contributed by atoms with van der Waals surface area (Å²) in [5.41, 5.74) is 1.35. The summed E-state index contributed by atoms with van der Waals surface area (Å²) < 4.78 is 11.2. The van der Waals surface area contributed by atoms with E-state index >= 15 is 0 Å².